The van der Waals surface area contributed by atoms with Gasteiger partial charge in [0.15, 0.2) is 0 Å². The Morgan fingerprint density at radius 1 is 1.03 bits per heavy atom. The Kier molecular flexibility index (Phi) is 6.84. The molecule has 3 heterocycles. The SMILES string of the molecule is CCc1ccc(NC(=O)[C@H]2CC(=O)Nc3nc(N4CCC(Cc5ccccc5)CC4)[nH]c(=O)c32)cc1. The van der Waals surface area contributed by atoms with Crippen LogP contribution in [0.2, 0.25) is 0 Å². The van der Waals surface area contributed by atoms with Crippen LogP contribution in [0.3, 0.4) is 0 Å². The maximum absolute atomic E-state index is 13.1. The minimum Gasteiger partial charge on any atom is -0.342 e. The van der Waals surface area contributed by atoms with Crippen LogP contribution in [0.5, 0.6) is 0 Å². The molecule has 2 aliphatic rings. The van der Waals surface area contributed by atoms with E-state index < -0.39 is 11.8 Å². The third kappa shape index (κ3) is 5.17. The molecule has 8 heteroatoms. The lowest BCUT2D eigenvalue weighted by atomic mass is 9.90. The molecule has 0 saturated carbocycles. The van der Waals surface area contributed by atoms with Crippen LogP contribution >= 0.6 is 0 Å². The molecule has 2 aliphatic heterocycles. The van der Waals surface area contributed by atoms with Crippen LogP contribution in [0.1, 0.15) is 48.8 Å². The number of anilines is 3. The van der Waals surface area contributed by atoms with Crippen molar-refractivity contribution in [3.8, 4) is 0 Å². The number of hydrogen-bond donors (Lipinski definition) is 3. The molecule has 1 fully saturated rings. The summed E-state index contributed by atoms with van der Waals surface area (Å²) in [4.78, 5) is 48.1. The van der Waals surface area contributed by atoms with Crippen molar-refractivity contribution in [2.45, 2.75) is 44.9 Å². The quantitative estimate of drug-likeness (QED) is 0.492. The summed E-state index contributed by atoms with van der Waals surface area (Å²) in [5, 5.41) is 5.55. The highest BCUT2D eigenvalue weighted by atomic mass is 16.2. The van der Waals surface area contributed by atoms with Crippen LogP contribution in [0.4, 0.5) is 17.5 Å². The number of rotatable bonds is 6. The minimum absolute atomic E-state index is 0.0964. The molecule has 1 aromatic heterocycles. The van der Waals surface area contributed by atoms with E-state index in [1.54, 1.807) is 0 Å². The lowest BCUT2D eigenvalue weighted by Gasteiger charge is -2.33. The van der Waals surface area contributed by atoms with Gasteiger partial charge in [0.1, 0.15) is 5.82 Å². The van der Waals surface area contributed by atoms with Gasteiger partial charge in [-0.2, -0.15) is 4.98 Å². The van der Waals surface area contributed by atoms with Gasteiger partial charge < -0.3 is 15.5 Å². The number of amides is 2. The second-order valence-corrected chi connectivity index (χ2v) is 9.62. The molecule has 2 aromatic carbocycles. The van der Waals surface area contributed by atoms with Crippen molar-refractivity contribution in [1.82, 2.24) is 9.97 Å². The summed E-state index contributed by atoms with van der Waals surface area (Å²) in [7, 11) is 0. The summed E-state index contributed by atoms with van der Waals surface area (Å²) in [6, 6.07) is 18.0. The highest BCUT2D eigenvalue weighted by Crippen LogP contribution is 2.31. The molecule has 0 bridgehead atoms. The van der Waals surface area contributed by atoms with Crippen molar-refractivity contribution in [3.05, 3.63) is 81.6 Å². The Hall–Kier alpha value is -3.94. The summed E-state index contributed by atoms with van der Waals surface area (Å²) in [5.74, 6) is -0.424. The van der Waals surface area contributed by atoms with E-state index in [1.807, 2.05) is 35.2 Å². The number of piperidine rings is 1. The Labute approximate surface area is 210 Å². The second kappa shape index (κ2) is 10.4. The number of carbonyl (C=O) groups excluding carboxylic acids is 2. The fraction of sp³-hybridized carbons (Fsp3) is 0.357. The van der Waals surface area contributed by atoms with Crippen molar-refractivity contribution >= 4 is 29.3 Å². The number of H-pyrrole nitrogens is 1. The van der Waals surface area contributed by atoms with E-state index >= 15 is 0 Å². The summed E-state index contributed by atoms with van der Waals surface area (Å²) >= 11 is 0. The molecule has 1 saturated heterocycles. The Morgan fingerprint density at radius 2 is 1.75 bits per heavy atom. The molecule has 186 valence electrons. The molecule has 5 rings (SSSR count). The number of fused-ring (bicyclic) bond motifs is 1. The Bertz CT molecular complexity index is 1300. The van der Waals surface area contributed by atoms with Gasteiger partial charge in [-0.15, -0.1) is 0 Å². The van der Waals surface area contributed by atoms with E-state index in [-0.39, 0.29) is 29.3 Å². The van der Waals surface area contributed by atoms with Crippen molar-refractivity contribution < 1.29 is 9.59 Å². The predicted molar refractivity (Wildman–Crippen MR) is 140 cm³/mol. The zero-order valence-corrected chi connectivity index (χ0v) is 20.4. The van der Waals surface area contributed by atoms with Crippen LogP contribution < -0.4 is 21.1 Å². The van der Waals surface area contributed by atoms with Crippen LogP contribution in [0.25, 0.3) is 0 Å². The highest BCUT2D eigenvalue weighted by molar-refractivity contribution is 6.04. The first-order valence-electron chi connectivity index (χ1n) is 12.6. The zero-order chi connectivity index (χ0) is 25.1. The molecule has 1 atom stereocenters. The van der Waals surface area contributed by atoms with Crippen LogP contribution in [-0.2, 0) is 22.4 Å². The van der Waals surface area contributed by atoms with Crippen molar-refractivity contribution in [2.24, 2.45) is 5.92 Å². The topological polar surface area (TPSA) is 107 Å². The molecule has 0 radical (unpaired) electrons. The average molecular weight is 486 g/mol. The molecule has 0 spiro atoms. The average Bonchev–Trinajstić information content (AvgIpc) is 2.89. The van der Waals surface area contributed by atoms with Gasteiger partial charge in [-0.3, -0.25) is 19.4 Å². The molecule has 3 N–H and O–H groups in total. The largest absolute Gasteiger partial charge is 0.342 e. The predicted octanol–water partition coefficient (Wildman–Crippen LogP) is 3.86. The van der Waals surface area contributed by atoms with Gasteiger partial charge in [0.2, 0.25) is 17.8 Å². The lowest BCUT2D eigenvalue weighted by molar-refractivity contribution is -0.123. The van der Waals surface area contributed by atoms with Crippen LogP contribution in [0, 0.1) is 5.92 Å². The second-order valence-electron chi connectivity index (χ2n) is 9.62. The van der Waals surface area contributed by atoms with E-state index in [4.69, 9.17) is 0 Å². The van der Waals surface area contributed by atoms with E-state index in [1.165, 1.54) is 5.56 Å². The van der Waals surface area contributed by atoms with Gasteiger partial charge in [-0.05, 0) is 54.9 Å². The normalized spacial score (nSPS) is 17.9. The van der Waals surface area contributed by atoms with Gasteiger partial charge in [-0.1, -0.05) is 49.4 Å². The standard InChI is InChI=1S/C28H31N5O3/c1-2-18-8-10-21(11-9-18)29-26(35)22-17-23(34)30-25-24(22)27(36)32-28(31-25)33-14-12-20(13-15-33)16-19-6-4-3-5-7-19/h3-11,20,22H,2,12-17H2,1H3,(H,29,35)(H2,30,31,32,34,36)/t22-/m0/s1. The lowest BCUT2D eigenvalue weighted by Crippen LogP contribution is -2.40. The first-order chi connectivity index (χ1) is 17.5. The molecular weight excluding hydrogens is 454 g/mol. The van der Waals surface area contributed by atoms with E-state index in [0.29, 0.717) is 17.6 Å². The summed E-state index contributed by atoms with van der Waals surface area (Å²) < 4.78 is 0. The number of carbonyl (C=O) groups is 2. The maximum atomic E-state index is 13.1. The first kappa shape index (κ1) is 23.8. The minimum atomic E-state index is -0.901. The third-order valence-corrected chi connectivity index (χ3v) is 7.17. The summed E-state index contributed by atoms with van der Waals surface area (Å²) in [6.07, 6.45) is 3.82. The Morgan fingerprint density at radius 3 is 2.44 bits per heavy atom. The summed E-state index contributed by atoms with van der Waals surface area (Å²) in [6.45, 7) is 3.60. The van der Waals surface area contributed by atoms with Gasteiger partial charge in [-0.25, -0.2) is 0 Å². The monoisotopic (exact) mass is 485 g/mol. The summed E-state index contributed by atoms with van der Waals surface area (Å²) in [5.41, 5.74) is 2.95. The first-order valence-corrected chi connectivity index (χ1v) is 12.6. The third-order valence-electron chi connectivity index (χ3n) is 7.17. The maximum Gasteiger partial charge on any atom is 0.258 e. The molecule has 0 aliphatic carbocycles. The molecular formula is C28H31N5O3. The molecule has 3 aromatic rings. The van der Waals surface area contributed by atoms with Gasteiger partial charge in [0.05, 0.1) is 11.5 Å². The Balaban J connectivity index is 1.30. The van der Waals surface area contributed by atoms with Crippen LogP contribution in [-0.4, -0.2) is 34.9 Å². The number of benzene rings is 2. The number of hydrogen-bond acceptors (Lipinski definition) is 5. The van der Waals surface area contributed by atoms with Crippen molar-refractivity contribution in [2.75, 3.05) is 28.6 Å². The molecule has 0 unspecified atom stereocenters. The molecule has 36 heavy (non-hydrogen) atoms. The zero-order valence-electron chi connectivity index (χ0n) is 20.4. The van der Waals surface area contributed by atoms with Crippen molar-refractivity contribution in [3.63, 3.8) is 0 Å². The smallest absolute Gasteiger partial charge is 0.258 e. The van der Waals surface area contributed by atoms with Crippen molar-refractivity contribution in [1.29, 1.82) is 0 Å². The number of aromatic nitrogens is 2. The van der Waals surface area contributed by atoms with E-state index in [9.17, 15) is 14.4 Å². The number of aromatic amines is 1. The number of aryl methyl sites for hydroxylation is 1. The van der Waals surface area contributed by atoms with Crippen LogP contribution in [0.15, 0.2) is 59.4 Å². The van der Waals surface area contributed by atoms with Gasteiger partial charge in [0.25, 0.3) is 5.56 Å². The highest BCUT2D eigenvalue weighted by Gasteiger charge is 2.35. The van der Waals surface area contributed by atoms with E-state index in [2.05, 4.69) is 51.8 Å². The molecule has 8 nitrogen and oxygen atoms in total. The van der Waals surface area contributed by atoms with E-state index in [0.717, 1.165) is 44.3 Å². The fourth-order valence-electron chi connectivity index (χ4n) is 5.08. The number of nitrogens with one attached hydrogen (secondary N) is 3. The fourth-order valence-corrected chi connectivity index (χ4v) is 5.08. The van der Waals surface area contributed by atoms with Gasteiger partial charge in [0, 0.05) is 25.2 Å². The number of nitrogens with zero attached hydrogens (tertiary/aromatic N) is 2. The van der Waals surface area contributed by atoms with Gasteiger partial charge >= 0.3 is 0 Å². The molecule has 2 amide bonds.